The van der Waals surface area contributed by atoms with Gasteiger partial charge in [0.2, 0.25) is 0 Å². The molecule has 1 aromatic rings. The number of hydrogen-bond acceptors (Lipinski definition) is 1. The third-order valence-corrected chi connectivity index (χ3v) is 3.74. The molecule has 3 heteroatoms. The quantitative estimate of drug-likeness (QED) is 0.747. The highest BCUT2D eigenvalue weighted by atomic mass is 79.9. The molecular weight excluding hydrogens is 259 g/mol. The summed E-state index contributed by atoms with van der Waals surface area (Å²) in [6, 6.07) is 3.72. The average molecular weight is 273 g/mol. The van der Waals surface area contributed by atoms with Gasteiger partial charge in [0.05, 0.1) is 6.10 Å². The van der Waals surface area contributed by atoms with E-state index in [0.29, 0.717) is 11.1 Å². The first-order chi connectivity index (χ1) is 7.20. The van der Waals surface area contributed by atoms with E-state index in [1.54, 1.807) is 6.92 Å². The zero-order valence-electron chi connectivity index (χ0n) is 8.72. The number of ether oxygens (including phenoxy) is 1. The van der Waals surface area contributed by atoms with Crippen LogP contribution in [-0.2, 0) is 4.74 Å². The van der Waals surface area contributed by atoms with Gasteiger partial charge in [0.25, 0.3) is 0 Å². The molecule has 1 aliphatic heterocycles. The molecule has 1 aliphatic rings. The monoisotopic (exact) mass is 272 g/mol. The maximum atomic E-state index is 13.9. The number of hydrogen-bond donors (Lipinski definition) is 0. The van der Waals surface area contributed by atoms with Crippen molar-refractivity contribution in [1.29, 1.82) is 0 Å². The second-order valence-corrected chi connectivity index (χ2v) is 4.79. The van der Waals surface area contributed by atoms with Crippen LogP contribution in [0.5, 0.6) is 0 Å². The molecule has 1 atom stereocenters. The maximum absolute atomic E-state index is 13.9. The predicted molar refractivity (Wildman–Crippen MR) is 61.4 cm³/mol. The number of benzene rings is 1. The molecule has 1 heterocycles. The number of rotatable bonds is 1. The summed E-state index contributed by atoms with van der Waals surface area (Å²) in [5, 5.41) is 0. The van der Waals surface area contributed by atoms with Crippen LogP contribution >= 0.6 is 15.9 Å². The summed E-state index contributed by atoms with van der Waals surface area (Å²) >= 11 is 3.32. The van der Waals surface area contributed by atoms with Gasteiger partial charge >= 0.3 is 0 Å². The van der Waals surface area contributed by atoms with Gasteiger partial charge in [0.1, 0.15) is 5.82 Å². The predicted octanol–water partition coefficient (Wildman–Crippen LogP) is 4.14. The van der Waals surface area contributed by atoms with Gasteiger partial charge < -0.3 is 4.74 Å². The highest BCUT2D eigenvalue weighted by Gasteiger charge is 2.20. The normalized spacial score (nSPS) is 21.7. The molecule has 0 saturated carbocycles. The summed E-state index contributed by atoms with van der Waals surface area (Å²) in [4.78, 5) is 0. The van der Waals surface area contributed by atoms with Crippen LogP contribution in [0.15, 0.2) is 16.6 Å². The molecule has 82 valence electrons. The third-order valence-electron chi connectivity index (χ3n) is 2.88. The Balaban J connectivity index is 2.31. The van der Waals surface area contributed by atoms with E-state index in [-0.39, 0.29) is 11.9 Å². The van der Waals surface area contributed by atoms with E-state index in [9.17, 15) is 4.39 Å². The van der Waals surface area contributed by atoms with Crippen LogP contribution in [0.25, 0.3) is 0 Å². The van der Waals surface area contributed by atoms with Crippen molar-refractivity contribution in [3.8, 4) is 0 Å². The van der Waals surface area contributed by atoms with Gasteiger partial charge in [-0.05, 0) is 37.8 Å². The van der Waals surface area contributed by atoms with Crippen molar-refractivity contribution >= 4 is 15.9 Å². The lowest BCUT2D eigenvalue weighted by molar-refractivity contribution is 0.0128. The van der Waals surface area contributed by atoms with Crippen molar-refractivity contribution < 1.29 is 9.13 Å². The number of halogens is 2. The Labute approximate surface area is 97.8 Å². The van der Waals surface area contributed by atoms with E-state index in [2.05, 4.69) is 15.9 Å². The lowest BCUT2D eigenvalue weighted by Crippen LogP contribution is -2.13. The van der Waals surface area contributed by atoms with Crippen LogP contribution in [0.3, 0.4) is 0 Å². The van der Waals surface area contributed by atoms with Gasteiger partial charge in [-0.2, -0.15) is 0 Å². The van der Waals surface area contributed by atoms with Crippen molar-refractivity contribution in [3.05, 3.63) is 33.5 Å². The summed E-state index contributed by atoms with van der Waals surface area (Å²) in [5.41, 5.74) is 1.37. The van der Waals surface area contributed by atoms with Crippen molar-refractivity contribution in [3.63, 3.8) is 0 Å². The van der Waals surface area contributed by atoms with E-state index in [0.717, 1.165) is 30.3 Å². The maximum Gasteiger partial charge on any atom is 0.133 e. The van der Waals surface area contributed by atoms with Crippen LogP contribution in [0.4, 0.5) is 4.39 Å². The molecule has 0 aromatic heterocycles. The Morgan fingerprint density at radius 3 is 2.87 bits per heavy atom. The Morgan fingerprint density at radius 1 is 1.40 bits per heavy atom. The van der Waals surface area contributed by atoms with Crippen molar-refractivity contribution in [1.82, 2.24) is 0 Å². The van der Waals surface area contributed by atoms with Gasteiger partial charge in [-0.15, -0.1) is 0 Å². The molecule has 1 fully saturated rings. The summed E-state index contributed by atoms with van der Waals surface area (Å²) in [5.74, 6) is -0.128. The van der Waals surface area contributed by atoms with Gasteiger partial charge in [0.15, 0.2) is 0 Å². The molecular formula is C12H14BrFO. The van der Waals surface area contributed by atoms with Gasteiger partial charge in [0, 0.05) is 16.6 Å². The van der Waals surface area contributed by atoms with Crippen molar-refractivity contribution in [2.45, 2.75) is 32.3 Å². The molecule has 0 amide bonds. The van der Waals surface area contributed by atoms with Crippen LogP contribution in [0.1, 0.15) is 36.5 Å². The summed E-state index contributed by atoms with van der Waals surface area (Å²) < 4.78 is 20.3. The van der Waals surface area contributed by atoms with E-state index < -0.39 is 0 Å². The zero-order chi connectivity index (χ0) is 10.8. The zero-order valence-corrected chi connectivity index (χ0v) is 10.3. The van der Waals surface area contributed by atoms with Gasteiger partial charge in [-0.3, -0.25) is 0 Å². The van der Waals surface area contributed by atoms with Crippen LogP contribution in [0.2, 0.25) is 0 Å². The summed E-state index contributed by atoms with van der Waals surface area (Å²) in [6.45, 7) is 2.53. The molecule has 0 radical (unpaired) electrons. The molecule has 0 bridgehead atoms. The SMILES string of the molecule is Cc1c(Br)ccc(C2CCCCO2)c1F. The molecule has 1 unspecified atom stereocenters. The lowest BCUT2D eigenvalue weighted by atomic mass is 9.99. The second-order valence-electron chi connectivity index (χ2n) is 3.93. The van der Waals surface area contributed by atoms with Crippen LogP contribution in [-0.4, -0.2) is 6.61 Å². The van der Waals surface area contributed by atoms with Gasteiger partial charge in [-0.1, -0.05) is 22.0 Å². The highest BCUT2D eigenvalue weighted by molar-refractivity contribution is 9.10. The molecule has 1 nitrogen and oxygen atoms in total. The van der Waals surface area contributed by atoms with E-state index >= 15 is 0 Å². The Hall–Kier alpha value is -0.410. The molecule has 0 spiro atoms. The Bertz CT molecular complexity index is 359. The third kappa shape index (κ3) is 2.23. The summed E-state index contributed by atoms with van der Waals surface area (Å²) in [7, 11) is 0. The minimum atomic E-state index is -0.128. The fourth-order valence-corrected chi connectivity index (χ4v) is 2.22. The molecule has 2 rings (SSSR count). The first kappa shape index (κ1) is 11.1. The van der Waals surface area contributed by atoms with Crippen molar-refractivity contribution in [2.75, 3.05) is 6.61 Å². The van der Waals surface area contributed by atoms with Gasteiger partial charge in [-0.25, -0.2) is 4.39 Å². The fraction of sp³-hybridized carbons (Fsp3) is 0.500. The molecule has 0 N–H and O–H groups in total. The minimum absolute atomic E-state index is 0.0504. The minimum Gasteiger partial charge on any atom is -0.373 e. The largest absolute Gasteiger partial charge is 0.373 e. The topological polar surface area (TPSA) is 9.23 Å². The van der Waals surface area contributed by atoms with E-state index in [1.165, 1.54) is 0 Å². The Morgan fingerprint density at radius 2 is 2.20 bits per heavy atom. The van der Waals surface area contributed by atoms with E-state index in [1.807, 2.05) is 12.1 Å². The molecule has 1 saturated heterocycles. The molecule has 0 aliphatic carbocycles. The highest BCUT2D eigenvalue weighted by Crippen LogP contribution is 2.32. The smallest absolute Gasteiger partial charge is 0.133 e. The molecule has 1 aromatic carbocycles. The van der Waals surface area contributed by atoms with Crippen LogP contribution in [0, 0.1) is 12.7 Å². The Kier molecular flexibility index (Phi) is 3.42. The standard InChI is InChI=1S/C12H14BrFO/c1-8-10(13)6-5-9(12(8)14)11-4-2-3-7-15-11/h5-6,11H,2-4,7H2,1H3. The first-order valence-electron chi connectivity index (χ1n) is 5.26. The first-order valence-corrected chi connectivity index (χ1v) is 6.05. The molecule has 15 heavy (non-hydrogen) atoms. The van der Waals surface area contributed by atoms with Crippen molar-refractivity contribution in [2.24, 2.45) is 0 Å². The van der Waals surface area contributed by atoms with Crippen LogP contribution < -0.4 is 0 Å². The second kappa shape index (κ2) is 4.62. The fourth-order valence-electron chi connectivity index (χ4n) is 1.92. The lowest BCUT2D eigenvalue weighted by Gasteiger charge is -2.23. The average Bonchev–Trinajstić information content (AvgIpc) is 2.27. The summed E-state index contributed by atoms with van der Waals surface area (Å²) in [6.07, 6.45) is 3.09. The van der Waals surface area contributed by atoms with E-state index in [4.69, 9.17) is 4.74 Å².